The molecule has 1 atom stereocenters. The van der Waals surface area contributed by atoms with Crippen LogP contribution in [-0.2, 0) is 0 Å². The number of nitrogens with zero attached hydrogens (tertiary/aromatic N) is 2. The fourth-order valence-corrected chi connectivity index (χ4v) is 2.61. The second-order valence-electron chi connectivity index (χ2n) is 4.41. The van der Waals surface area contributed by atoms with Crippen LogP contribution >= 0.6 is 11.5 Å². The van der Waals surface area contributed by atoms with Crippen LogP contribution in [-0.4, -0.2) is 23.1 Å². The lowest BCUT2D eigenvalue weighted by Crippen LogP contribution is -2.32. The first-order chi connectivity index (χ1) is 8.01. The Hall–Kier alpha value is -0.970. The number of nitrogen functional groups attached to an aromatic ring is 1. The molecule has 0 amide bonds. The molecule has 1 rings (SSSR count). The Morgan fingerprint density at radius 3 is 2.47 bits per heavy atom. The highest BCUT2D eigenvalue weighted by molar-refractivity contribution is 7.11. The van der Waals surface area contributed by atoms with E-state index in [0.29, 0.717) is 11.9 Å². The smallest absolute Gasteiger partial charge is 0.198 e. The Morgan fingerprint density at radius 1 is 1.35 bits per heavy atom. The molecule has 1 heterocycles. The molecule has 0 aliphatic heterocycles. The lowest BCUT2D eigenvalue weighted by atomic mass is 10.2. The Kier molecular flexibility index (Phi) is 5.05. The number of rotatable bonds is 6. The molecule has 17 heavy (non-hydrogen) atoms. The number of hydrogen-bond donors (Lipinski definition) is 1. The molecule has 2 N–H and O–H groups in total. The SMILES string of the molecule is CCC(C)N(CC)c1snc(N)c1OC(C)C. The highest BCUT2D eigenvalue weighted by Crippen LogP contribution is 2.39. The summed E-state index contributed by atoms with van der Waals surface area (Å²) in [7, 11) is 0. The number of anilines is 2. The van der Waals surface area contributed by atoms with Crippen molar-refractivity contribution < 1.29 is 4.74 Å². The number of nitrogens with two attached hydrogens (primary N) is 1. The monoisotopic (exact) mass is 257 g/mol. The predicted octanol–water partition coefficient (Wildman–Crippen LogP) is 3.14. The third-order valence-corrected chi connectivity index (χ3v) is 3.62. The van der Waals surface area contributed by atoms with E-state index in [9.17, 15) is 0 Å². The maximum atomic E-state index is 5.87. The van der Waals surface area contributed by atoms with Crippen LogP contribution in [0.4, 0.5) is 10.8 Å². The molecule has 98 valence electrons. The third-order valence-electron chi connectivity index (χ3n) is 2.74. The van der Waals surface area contributed by atoms with Crippen molar-refractivity contribution in [3.05, 3.63) is 0 Å². The molecule has 4 nitrogen and oxygen atoms in total. The number of aromatic nitrogens is 1. The van der Waals surface area contributed by atoms with Crippen molar-refractivity contribution in [1.29, 1.82) is 0 Å². The van der Waals surface area contributed by atoms with Gasteiger partial charge in [0.05, 0.1) is 6.10 Å². The molecular formula is C12H23N3OS. The van der Waals surface area contributed by atoms with Crippen molar-refractivity contribution in [2.24, 2.45) is 0 Å². The molecule has 0 aliphatic rings. The lowest BCUT2D eigenvalue weighted by molar-refractivity contribution is 0.244. The standard InChI is InChI=1S/C12H23N3OS/c1-6-9(5)15(7-2)12-10(16-8(3)4)11(13)14-17-12/h8-9H,6-7H2,1-5H3,(H2,13,14). The molecule has 0 saturated carbocycles. The quantitative estimate of drug-likeness (QED) is 0.850. The van der Waals surface area contributed by atoms with E-state index in [1.165, 1.54) is 11.5 Å². The van der Waals surface area contributed by atoms with Crippen LogP contribution in [0, 0.1) is 0 Å². The van der Waals surface area contributed by atoms with Gasteiger partial charge >= 0.3 is 0 Å². The van der Waals surface area contributed by atoms with E-state index in [1.54, 1.807) is 0 Å². The molecule has 1 unspecified atom stereocenters. The van der Waals surface area contributed by atoms with Gasteiger partial charge < -0.3 is 15.4 Å². The summed E-state index contributed by atoms with van der Waals surface area (Å²) in [6.07, 6.45) is 1.20. The second-order valence-corrected chi connectivity index (χ2v) is 5.16. The largest absolute Gasteiger partial charge is 0.484 e. The molecule has 0 bridgehead atoms. The maximum absolute atomic E-state index is 5.87. The summed E-state index contributed by atoms with van der Waals surface area (Å²) in [6, 6.07) is 0.467. The van der Waals surface area contributed by atoms with E-state index in [4.69, 9.17) is 10.5 Å². The zero-order chi connectivity index (χ0) is 13.0. The Bertz CT molecular complexity index is 352. The molecule has 0 spiro atoms. The number of hydrogen-bond acceptors (Lipinski definition) is 5. The van der Waals surface area contributed by atoms with E-state index in [0.717, 1.165) is 23.7 Å². The molecule has 1 aromatic heterocycles. The number of ether oxygens (including phenoxy) is 1. The average Bonchev–Trinajstić information content (AvgIpc) is 2.62. The van der Waals surface area contributed by atoms with Crippen molar-refractivity contribution in [1.82, 2.24) is 4.37 Å². The van der Waals surface area contributed by atoms with Crippen LogP contribution in [0.1, 0.15) is 41.0 Å². The van der Waals surface area contributed by atoms with Crippen molar-refractivity contribution in [2.45, 2.75) is 53.2 Å². The lowest BCUT2D eigenvalue weighted by Gasteiger charge is -2.28. The van der Waals surface area contributed by atoms with Crippen LogP contribution in [0.2, 0.25) is 0 Å². The highest BCUT2D eigenvalue weighted by Gasteiger charge is 2.22. The summed E-state index contributed by atoms with van der Waals surface area (Å²) in [5.41, 5.74) is 5.87. The highest BCUT2D eigenvalue weighted by atomic mass is 32.1. The summed E-state index contributed by atoms with van der Waals surface area (Å²) in [4.78, 5) is 2.30. The Labute approximate surface area is 108 Å². The zero-order valence-corrected chi connectivity index (χ0v) is 12.2. The normalized spacial score (nSPS) is 12.8. The van der Waals surface area contributed by atoms with Gasteiger partial charge in [-0.05, 0) is 45.6 Å². The van der Waals surface area contributed by atoms with Gasteiger partial charge in [0.15, 0.2) is 16.6 Å². The molecule has 0 aliphatic carbocycles. The first-order valence-corrected chi connectivity index (χ1v) is 6.96. The van der Waals surface area contributed by atoms with Crippen LogP contribution < -0.4 is 15.4 Å². The van der Waals surface area contributed by atoms with E-state index >= 15 is 0 Å². The summed E-state index contributed by atoms with van der Waals surface area (Å²) >= 11 is 1.42. The fraction of sp³-hybridized carbons (Fsp3) is 0.750. The average molecular weight is 257 g/mol. The molecule has 0 saturated heterocycles. The molecule has 5 heteroatoms. The molecular weight excluding hydrogens is 234 g/mol. The molecule has 0 radical (unpaired) electrons. The minimum absolute atomic E-state index is 0.114. The van der Waals surface area contributed by atoms with E-state index in [2.05, 4.69) is 30.0 Å². The van der Waals surface area contributed by atoms with Gasteiger partial charge in [0.25, 0.3) is 0 Å². The Morgan fingerprint density at radius 2 is 2.00 bits per heavy atom. The van der Waals surface area contributed by atoms with Gasteiger partial charge in [-0.3, -0.25) is 0 Å². The summed E-state index contributed by atoms with van der Waals surface area (Å²) in [5.74, 6) is 1.24. The van der Waals surface area contributed by atoms with Gasteiger partial charge in [-0.15, -0.1) is 0 Å². The van der Waals surface area contributed by atoms with Crippen LogP contribution in [0.25, 0.3) is 0 Å². The zero-order valence-electron chi connectivity index (χ0n) is 11.4. The van der Waals surface area contributed by atoms with E-state index in [1.807, 2.05) is 13.8 Å². The van der Waals surface area contributed by atoms with Gasteiger partial charge in [-0.2, -0.15) is 4.37 Å². The van der Waals surface area contributed by atoms with Crippen molar-refractivity contribution in [2.75, 3.05) is 17.2 Å². The van der Waals surface area contributed by atoms with E-state index < -0.39 is 0 Å². The molecule has 0 aromatic carbocycles. The topological polar surface area (TPSA) is 51.4 Å². The van der Waals surface area contributed by atoms with Crippen molar-refractivity contribution in [3.63, 3.8) is 0 Å². The minimum Gasteiger partial charge on any atom is -0.484 e. The van der Waals surface area contributed by atoms with Gasteiger partial charge in [0.2, 0.25) is 0 Å². The van der Waals surface area contributed by atoms with Gasteiger partial charge in [-0.25, -0.2) is 0 Å². The predicted molar refractivity (Wildman–Crippen MR) is 75.1 cm³/mol. The Balaban J connectivity index is 3.02. The minimum atomic E-state index is 0.114. The summed E-state index contributed by atoms with van der Waals surface area (Å²) < 4.78 is 9.98. The first kappa shape index (κ1) is 14.1. The second kappa shape index (κ2) is 6.10. The van der Waals surface area contributed by atoms with Crippen LogP contribution in [0.15, 0.2) is 0 Å². The van der Waals surface area contributed by atoms with Gasteiger partial charge in [0, 0.05) is 12.6 Å². The third kappa shape index (κ3) is 3.25. The van der Waals surface area contributed by atoms with Gasteiger partial charge in [-0.1, -0.05) is 6.92 Å². The molecule has 0 fully saturated rings. The fourth-order valence-electron chi connectivity index (χ4n) is 1.69. The molecule has 1 aromatic rings. The van der Waals surface area contributed by atoms with Crippen LogP contribution in [0.5, 0.6) is 5.75 Å². The van der Waals surface area contributed by atoms with Crippen LogP contribution in [0.3, 0.4) is 0 Å². The van der Waals surface area contributed by atoms with Crippen molar-refractivity contribution >= 4 is 22.4 Å². The van der Waals surface area contributed by atoms with Gasteiger partial charge in [0.1, 0.15) is 0 Å². The van der Waals surface area contributed by atoms with E-state index in [-0.39, 0.29) is 6.10 Å². The summed E-state index contributed by atoms with van der Waals surface area (Å²) in [5, 5.41) is 1.05. The van der Waals surface area contributed by atoms with Crippen molar-refractivity contribution in [3.8, 4) is 5.75 Å². The summed E-state index contributed by atoms with van der Waals surface area (Å²) in [6.45, 7) is 11.5. The maximum Gasteiger partial charge on any atom is 0.198 e. The first-order valence-electron chi connectivity index (χ1n) is 6.19.